The summed E-state index contributed by atoms with van der Waals surface area (Å²) in [4.78, 5) is 41.4. The number of rotatable bonds is 5. The van der Waals surface area contributed by atoms with Crippen molar-refractivity contribution in [2.24, 2.45) is 17.8 Å². The molecule has 0 radical (unpaired) electrons. The van der Waals surface area contributed by atoms with E-state index in [0.717, 1.165) is 51.6 Å². The number of halogens is 1. The highest BCUT2D eigenvalue weighted by Crippen LogP contribution is 2.33. The Morgan fingerprint density at radius 2 is 1.65 bits per heavy atom. The first-order valence-electron chi connectivity index (χ1n) is 11.4. The largest absolute Gasteiger partial charge is 0.342 e. The van der Waals surface area contributed by atoms with E-state index in [9.17, 15) is 18.8 Å². The summed E-state index contributed by atoms with van der Waals surface area (Å²) in [5.74, 6) is 0.227. The summed E-state index contributed by atoms with van der Waals surface area (Å²) < 4.78 is 13.2. The minimum atomic E-state index is -0.403. The molecule has 1 aliphatic carbocycles. The second kappa shape index (κ2) is 9.66. The van der Waals surface area contributed by atoms with E-state index in [1.165, 1.54) is 12.1 Å². The second-order valence-electron chi connectivity index (χ2n) is 9.04. The molecule has 2 N–H and O–H groups in total. The van der Waals surface area contributed by atoms with E-state index >= 15 is 0 Å². The fourth-order valence-corrected chi connectivity index (χ4v) is 4.64. The van der Waals surface area contributed by atoms with Crippen LogP contribution in [0.3, 0.4) is 0 Å². The summed E-state index contributed by atoms with van der Waals surface area (Å²) >= 11 is 0. The van der Waals surface area contributed by atoms with Crippen molar-refractivity contribution in [2.45, 2.75) is 38.5 Å². The van der Waals surface area contributed by atoms with E-state index in [1.54, 1.807) is 12.1 Å². The normalized spacial score (nSPS) is 23.9. The van der Waals surface area contributed by atoms with Gasteiger partial charge in [-0.05, 0) is 62.6 Å². The Balaban J connectivity index is 1.24. The van der Waals surface area contributed by atoms with Crippen LogP contribution >= 0.6 is 0 Å². The Labute approximate surface area is 182 Å². The highest BCUT2D eigenvalue weighted by molar-refractivity contribution is 5.89. The molecule has 3 aliphatic rings. The van der Waals surface area contributed by atoms with Crippen molar-refractivity contribution < 1.29 is 18.8 Å². The van der Waals surface area contributed by atoms with Crippen LogP contribution in [-0.2, 0) is 9.59 Å². The van der Waals surface area contributed by atoms with Gasteiger partial charge in [0.05, 0.1) is 5.92 Å². The number of urea groups is 1. The lowest BCUT2D eigenvalue weighted by molar-refractivity contribution is -0.142. The zero-order valence-electron chi connectivity index (χ0n) is 17.8. The van der Waals surface area contributed by atoms with Crippen molar-refractivity contribution in [3.63, 3.8) is 0 Å². The molecule has 0 aromatic heterocycles. The molecule has 1 saturated carbocycles. The first-order chi connectivity index (χ1) is 15.0. The minimum absolute atomic E-state index is 0.112. The molecule has 8 heteroatoms. The molecule has 3 fully saturated rings. The summed E-state index contributed by atoms with van der Waals surface area (Å²) in [6, 6.07) is 5.38. The van der Waals surface area contributed by atoms with Gasteiger partial charge < -0.3 is 20.4 Å². The lowest BCUT2D eigenvalue weighted by atomic mass is 9.92. The van der Waals surface area contributed by atoms with Gasteiger partial charge in [-0.1, -0.05) is 6.07 Å². The molecule has 2 heterocycles. The van der Waals surface area contributed by atoms with Crippen LogP contribution in [0.2, 0.25) is 0 Å². The predicted molar refractivity (Wildman–Crippen MR) is 115 cm³/mol. The monoisotopic (exact) mass is 430 g/mol. The number of carbonyl (C=O) groups excluding carboxylic acids is 3. The van der Waals surface area contributed by atoms with E-state index in [1.807, 2.05) is 9.80 Å². The van der Waals surface area contributed by atoms with Gasteiger partial charge in [-0.3, -0.25) is 9.59 Å². The number of nitrogens with one attached hydrogen (secondary N) is 2. The maximum absolute atomic E-state index is 13.2. The van der Waals surface area contributed by atoms with Gasteiger partial charge in [0.15, 0.2) is 0 Å². The Morgan fingerprint density at radius 3 is 2.39 bits per heavy atom. The van der Waals surface area contributed by atoms with Gasteiger partial charge >= 0.3 is 6.03 Å². The first-order valence-corrected chi connectivity index (χ1v) is 11.4. The van der Waals surface area contributed by atoms with Gasteiger partial charge in [0, 0.05) is 44.3 Å². The number of likely N-dealkylation sites (tertiary alicyclic amines) is 2. The number of piperidine rings is 2. The summed E-state index contributed by atoms with van der Waals surface area (Å²) in [5, 5.41) is 5.47. The lowest BCUT2D eigenvalue weighted by Gasteiger charge is -2.38. The highest BCUT2D eigenvalue weighted by atomic mass is 19.1. The van der Waals surface area contributed by atoms with Gasteiger partial charge in [-0.2, -0.15) is 0 Å². The van der Waals surface area contributed by atoms with Gasteiger partial charge in [0.2, 0.25) is 11.8 Å². The van der Waals surface area contributed by atoms with Crippen molar-refractivity contribution in [1.82, 2.24) is 15.1 Å². The summed E-state index contributed by atoms with van der Waals surface area (Å²) in [6.07, 6.45) is 5.54. The van der Waals surface area contributed by atoms with Gasteiger partial charge in [-0.15, -0.1) is 0 Å². The Hall–Kier alpha value is -2.64. The number of hydrogen-bond donors (Lipinski definition) is 2. The number of hydrogen-bond acceptors (Lipinski definition) is 3. The molecule has 0 bridgehead atoms. The van der Waals surface area contributed by atoms with E-state index in [2.05, 4.69) is 10.6 Å². The zero-order chi connectivity index (χ0) is 21.8. The molecule has 0 unspecified atom stereocenters. The van der Waals surface area contributed by atoms with Crippen LogP contribution in [0.15, 0.2) is 24.3 Å². The van der Waals surface area contributed by atoms with E-state index in [-0.39, 0.29) is 35.6 Å². The van der Waals surface area contributed by atoms with Crippen LogP contribution in [0.25, 0.3) is 0 Å². The third-order valence-electron chi connectivity index (χ3n) is 6.47. The second-order valence-corrected chi connectivity index (χ2v) is 9.04. The SMILES string of the molecule is O=C(NC[C@H]1CCCN(C(=O)[C@@H]2CCCN(C(=O)C3CC3)C2)C1)Nc1cccc(F)c1. The standard InChI is InChI=1S/C23H31FN4O3/c24-19-6-1-7-20(12-19)26-23(31)25-13-16-4-2-10-27(14-16)22(30)18-5-3-11-28(15-18)21(29)17-8-9-17/h1,6-7,12,16-18H,2-5,8-11,13-15H2,(H2,25,26,31)/t16-,18-/m1/s1. The van der Waals surface area contributed by atoms with Gasteiger partial charge in [-0.25, -0.2) is 9.18 Å². The Bertz CT molecular complexity index is 829. The quantitative estimate of drug-likeness (QED) is 0.754. The maximum atomic E-state index is 13.2. The third kappa shape index (κ3) is 5.74. The summed E-state index contributed by atoms with van der Waals surface area (Å²) in [7, 11) is 0. The van der Waals surface area contributed by atoms with Gasteiger partial charge in [0.25, 0.3) is 0 Å². The van der Waals surface area contributed by atoms with Crippen molar-refractivity contribution in [1.29, 1.82) is 0 Å². The fraction of sp³-hybridized carbons (Fsp3) is 0.609. The maximum Gasteiger partial charge on any atom is 0.319 e. The van der Waals surface area contributed by atoms with E-state index in [4.69, 9.17) is 0 Å². The smallest absolute Gasteiger partial charge is 0.319 e. The fourth-order valence-electron chi connectivity index (χ4n) is 4.64. The van der Waals surface area contributed by atoms with Crippen molar-refractivity contribution in [3.05, 3.63) is 30.1 Å². The summed E-state index contributed by atoms with van der Waals surface area (Å²) in [5.41, 5.74) is 0.403. The zero-order valence-corrected chi connectivity index (χ0v) is 17.8. The molecular formula is C23H31FN4O3. The van der Waals surface area contributed by atoms with Crippen LogP contribution in [0.1, 0.15) is 38.5 Å². The lowest BCUT2D eigenvalue weighted by Crippen LogP contribution is -2.50. The number of amides is 4. The molecule has 1 aromatic carbocycles. The number of carbonyl (C=O) groups is 3. The minimum Gasteiger partial charge on any atom is -0.342 e. The van der Waals surface area contributed by atoms with Crippen LogP contribution in [0.4, 0.5) is 14.9 Å². The number of nitrogens with zero attached hydrogens (tertiary/aromatic N) is 2. The molecule has 2 saturated heterocycles. The summed E-state index contributed by atoms with van der Waals surface area (Å²) in [6.45, 7) is 3.13. The molecule has 7 nitrogen and oxygen atoms in total. The molecule has 0 spiro atoms. The van der Waals surface area contributed by atoms with Crippen LogP contribution in [0.5, 0.6) is 0 Å². The molecule has 4 rings (SSSR count). The predicted octanol–water partition coefficient (Wildman–Crippen LogP) is 2.83. The molecule has 1 aromatic rings. The molecule has 31 heavy (non-hydrogen) atoms. The van der Waals surface area contributed by atoms with Crippen LogP contribution < -0.4 is 10.6 Å². The molecule has 4 amide bonds. The Morgan fingerprint density at radius 1 is 0.935 bits per heavy atom. The third-order valence-corrected chi connectivity index (χ3v) is 6.47. The average molecular weight is 431 g/mol. The average Bonchev–Trinajstić information content (AvgIpc) is 3.62. The Kier molecular flexibility index (Phi) is 6.73. The molecule has 168 valence electrons. The van der Waals surface area contributed by atoms with Crippen molar-refractivity contribution >= 4 is 23.5 Å². The van der Waals surface area contributed by atoms with Crippen molar-refractivity contribution in [2.75, 3.05) is 38.0 Å². The van der Waals surface area contributed by atoms with Crippen LogP contribution in [-0.4, -0.2) is 60.4 Å². The van der Waals surface area contributed by atoms with Gasteiger partial charge in [0.1, 0.15) is 5.82 Å². The number of anilines is 1. The molecular weight excluding hydrogens is 399 g/mol. The highest BCUT2D eigenvalue weighted by Gasteiger charge is 2.38. The first kappa shape index (κ1) is 21.6. The number of benzene rings is 1. The van der Waals surface area contributed by atoms with E-state index in [0.29, 0.717) is 25.3 Å². The van der Waals surface area contributed by atoms with Crippen LogP contribution in [0, 0.1) is 23.6 Å². The molecule has 2 aliphatic heterocycles. The molecule has 2 atom stereocenters. The van der Waals surface area contributed by atoms with E-state index < -0.39 is 5.82 Å². The topological polar surface area (TPSA) is 81.8 Å². The van der Waals surface area contributed by atoms with Crippen molar-refractivity contribution in [3.8, 4) is 0 Å².